The van der Waals surface area contributed by atoms with Crippen molar-refractivity contribution < 1.29 is 0 Å². The molecule has 10 heavy (non-hydrogen) atoms. The smallest absolute Gasteiger partial charge is 0.0207 e. The number of nitrogens with zero attached hydrogens (tertiary/aromatic N) is 1. The number of hydrogen-bond acceptors (Lipinski definition) is 1. The lowest BCUT2D eigenvalue weighted by atomic mass is 9.93. The van der Waals surface area contributed by atoms with Gasteiger partial charge in [-0.15, -0.1) is 6.58 Å². The fourth-order valence-electron chi connectivity index (χ4n) is 0.954. The van der Waals surface area contributed by atoms with Crippen LogP contribution in [0.4, 0.5) is 0 Å². The highest BCUT2D eigenvalue weighted by molar-refractivity contribution is 4.88. The molecule has 0 saturated heterocycles. The Morgan fingerprint density at radius 2 is 2.00 bits per heavy atom. The van der Waals surface area contributed by atoms with Gasteiger partial charge in [-0.3, -0.25) is 0 Å². The number of rotatable bonds is 4. The highest BCUT2D eigenvalue weighted by Crippen LogP contribution is 2.20. The topological polar surface area (TPSA) is 3.24 Å². The molecule has 1 heteroatoms. The summed E-state index contributed by atoms with van der Waals surface area (Å²) in [6.45, 7) is 8.22. The largest absolute Gasteiger partial charge is 0.304 e. The van der Waals surface area contributed by atoms with Gasteiger partial charge in [-0.1, -0.05) is 13.0 Å². The molecule has 0 spiro atoms. The van der Waals surface area contributed by atoms with Crippen molar-refractivity contribution in [2.24, 2.45) is 0 Å². The third-order valence-corrected chi connectivity index (χ3v) is 2.43. The second-order valence-electron chi connectivity index (χ2n) is 3.24. The molecule has 0 aliphatic rings. The van der Waals surface area contributed by atoms with E-state index < -0.39 is 0 Å². The van der Waals surface area contributed by atoms with Crippen molar-refractivity contribution in [3.8, 4) is 0 Å². The molecule has 0 saturated carbocycles. The second-order valence-corrected chi connectivity index (χ2v) is 3.24. The van der Waals surface area contributed by atoms with Gasteiger partial charge in [0.1, 0.15) is 0 Å². The van der Waals surface area contributed by atoms with E-state index in [9.17, 15) is 0 Å². The van der Waals surface area contributed by atoms with E-state index in [1.165, 1.54) is 6.42 Å². The molecule has 0 aromatic rings. The molecule has 0 aliphatic heterocycles. The fraction of sp³-hybridized carbons (Fsp3) is 0.778. The quantitative estimate of drug-likeness (QED) is 0.543. The molecule has 0 amide bonds. The molecular weight excluding hydrogens is 122 g/mol. The van der Waals surface area contributed by atoms with Crippen molar-refractivity contribution >= 4 is 0 Å². The van der Waals surface area contributed by atoms with Crippen molar-refractivity contribution in [2.75, 3.05) is 14.1 Å². The second kappa shape index (κ2) is 3.77. The summed E-state index contributed by atoms with van der Waals surface area (Å²) in [5.41, 5.74) is 0.307. The Kier molecular flexibility index (Phi) is 3.66. The minimum absolute atomic E-state index is 0.307. The summed E-state index contributed by atoms with van der Waals surface area (Å²) >= 11 is 0. The molecule has 0 fully saturated rings. The van der Waals surface area contributed by atoms with Crippen LogP contribution in [-0.4, -0.2) is 24.5 Å². The van der Waals surface area contributed by atoms with Crippen LogP contribution in [0.3, 0.4) is 0 Å². The van der Waals surface area contributed by atoms with Crippen molar-refractivity contribution in [1.82, 2.24) is 4.90 Å². The Labute approximate surface area is 64.7 Å². The predicted molar refractivity (Wildman–Crippen MR) is 47.2 cm³/mol. The summed E-state index contributed by atoms with van der Waals surface area (Å²) in [4.78, 5) is 2.26. The summed E-state index contributed by atoms with van der Waals surface area (Å²) in [7, 11) is 4.24. The highest BCUT2D eigenvalue weighted by atomic mass is 15.1. The van der Waals surface area contributed by atoms with Gasteiger partial charge in [0.05, 0.1) is 0 Å². The van der Waals surface area contributed by atoms with Gasteiger partial charge >= 0.3 is 0 Å². The first-order valence-electron chi connectivity index (χ1n) is 3.85. The zero-order valence-electron chi connectivity index (χ0n) is 7.65. The third kappa shape index (κ3) is 2.14. The van der Waals surface area contributed by atoms with Crippen LogP contribution in [-0.2, 0) is 0 Å². The zero-order chi connectivity index (χ0) is 8.20. The van der Waals surface area contributed by atoms with Gasteiger partial charge in [-0.05, 0) is 33.9 Å². The Morgan fingerprint density at radius 3 is 2.10 bits per heavy atom. The molecule has 0 aromatic carbocycles. The van der Waals surface area contributed by atoms with Gasteiger partial charge in [0.15, 0.2) is 0 Å². The van der Waals surface area contributed by atoms with Crippen LogP contribution in [0.25, 0.3) is 0 Å². The van der Waals surface area contributed by atoms with Crippen LogP contribution in [0.2, 0.25) is 0 Å². The van der Waals surface area contributed by atoms with Gasteiger partial charge in [-0.2, -0.15) is 0 Å². The first kappa shape index (κ1) is 9.70. The lowest BCUT2D eigenvalue weighted by Gasteiger charge is -2.34. The van der Waals surface area contributed by atoms with E-state index in [2.05, 4.69) is 39.4 Å². The minimum Gasteiger partial charge on any atom is -0.304 e. The first-order valence-corrected chi connectivity index (χ1v) is 3.85. The Morgan fingerprint density at radius 1 is 1.50 bits per heavy atom. The van der Waals surface area contributed by atoms with Crippen molar-refractivity contribution in [3.05, 3.63) is 12.7 Å². The van der Waals surface area contributed by atoms with Gasteiger partial charge in [-0.25, -0.2) is 0 Å². The predicted octanol–water partition coefficient (Wildman–Crippen LogP) is 2.29. The van der Waals surface area contributed by atoms with Crippen LogP contribution >= 0.6 is 0 Å². The fourth-order valence-corrected chi connectivity index (χ4v) is 0.954. The van der Waals surface area contributed by atoms with E-state index in [-0.39, 0.29) is 0 Å². The van der Waals surface area contributed by atoms with Crippen molar-refractivity contribution in [2.45, 2.75) is 32.2 Å². The van der Waals surface area contributed by atoms with Crippen molar-refractivity contribution in [1.29, 1.82) is 0 Å². The monoisotopic (exact) mass is 141 g/mol. The lowest BCUT2D eigenvalue weighted by molar-refractivity contribution is 0.170. The molecule has 60 valence electrons. The standard InChI is InChI=1S/C9H19N/c1-6-8-9(3,7-2)10(4)5/h6H,1,7-8H2,2-5H3. The molecule has 0 bridgehead atoms. The van der Waals surface area contributed by atoms with Gasteiger partial charge in [0, 0.05) is 5.54 Å². The Balaban J connectivity index is 4.07. The van der Waals surface area contributed by atoms with Crippen molar-refractivity contribution in [3.63, 3.8) is 0 Å². The van der Waals surface area contributed by atoms with E-state index in [1.54, 1.807) is 0 Å². The summed E-state index contributed by atoms with van der Waals surface area (Å²) in [6, 6.07) is 0. The molecule has 0 rings (SSSR count). The molecule has 0 N–H and O–H groups in total. The first-order chi connectivity index (χ1) is 4.56. The molecule has 1 nitrogen and oxygen atoms in total. The summed E-state index contributed by atoms with van der Waals surface area (Å²) in [5.74, 6) is 0. The van der Waals surface area contributed by atoms with Crippen LogP contribution < -0.4 is 0 Å². The van der Waals surface area contributed by atoms with Gasteiger partial charge in [0.25, 0.3) is 0 Å². The van der Waals surface area contributed by atoms with Crippen LogP contribution in [0, 0.1) is 0 Å². The lowest BCUT2D eigenvalue weighted by Crippen LogP contribution is -2.39. The maximum Gasteiger partial charge on any atom is 0.0207 e. The maximum absolute atomic E-state index is 3.75. The molecule has 1 atom stereocenters. The maximum atomic E-state index is 3.75. The summed E-state index contributed by atoms with van der Waals surface area (Å²) in [5, 5.41) is 0. The summed E-state index contributed by atoms with van der Waals surface area (Å²) < 4.78 is 0. The van der Waals surface area contributed by atoms with E-state index in [1.807, 2.05) is 6.08 Å². The van der Waals surface area contributed by atoms with Crippen LogP contribution in [0.1, 0.15) is 26.7 Å². The van der Waals surface area contributed by atoms with E-state index in [0.717, 1.165) is 6.42 Å². The third-order valence-electron chi connectivity index (χ3n) is 2.43. The average molecular weight is 141 g/mol. The van der Waals surface area contributed by atoms with Crippen LogP contribution in [0.15, 0.2) is 12.7 Å². The van der Waals surface area contributed by atoms with E-state index >= 15 is 0 Å². The minimum atomic E-state index is 0.307. The van der Waals surface area contributed by atoms with Gasteiger partial charge in [0.2, 0.25) is 0 Å². The average Bonchev–Trinajstić information content (AvgIpc) is 1.88. The number of hydrogen-bond donors (Lipinski definition) is 0. The summed E-state index contributed by atoms with van der Waals surface area (Å²) in [6.07, 6.45) is 4.23. The normalized spacial score (nSPS) is 16.9. The molecule has 0 radical (unpaired) electrons. The zero-order valence-corrected chi connectivity index (χ0v) is 7.65. The Bertz CT molecular complexity index is 107. The molecule has 1 unspecified atom stereocenters. The van der Waals surface area contributed by atoms with Crippen LogP contribution in [0.5, 0.6) is 0 Å². The van der Waals surface area contributed by atoms with E-state index in [4.69, 9.17) is 0 Å². The molecule has 0 aliphatic carbocycles. The SMILES string of the molecule is C=CCC(C)(CC)N(C)C. The Hall–Kier alpha value is -0.300. The van der Waals surface area contributed by atoms with Gasteiger partial charge < -0.3 is 4.90 Å². The van der Waals surface area contributed by atoms with E-state index in [0.29, 0.717) is 5.54 Å². The molecule has 0 heterocycles. The molecular formula is C9H19N. The highest BCUT2D eigenvalue weighted by Gasteiger charge is 2.21. The molecule has 0 aromatic heterocycles.